The molecule has 0 N–H and O–H groups in total. The molecule has 3 amide bonds. The van der Waals surface area contributed by atoms with E-state index in [2.05, 4.69) is 0 Å². The van der Waals surface area contributed by atoms with Crippen molar-refractivity contribution >= 4 is 29.1 Å². The first kappa shape index (κ1) is 23.1. The van der Waals surface area contributed by atoms with Crippen LogP contribution in [0.25, 0.3) is 0 Å². The largest absolute Gasteiger partial charge is 0.416 e. The Morgan fingerprint density at radius 2 is 1.50 bits per heavy atom. The number of nitro benzene ring substituents is 1. The van der Waals surface area contributed by atoms with Crippen LogP contribution in [0.2, 0.25) is 0 Å². The second-order valence-electron chi connectivity index (χ2n) is 8.13. The quantitative estimate of drug-likeness (QED) is 0.173. The van der Waals surface area contributed by atoms with E-state index in [4.69, 9.17) is 0 Å². The number of carbonyl (C=O) groups excluding carboxylic acids is 3. The number of fused-ring (bicyclic) bond motifs is 1. The summed E-state index contributed by atoms with van der Waals surface area (Å²) in [6, 6.07) is 9.41. The van der Waals surface area contributed by atoms with Gasteiger partial charge in [-0.2, -0.15) is 13.2 Å². The van der Waals surface area contributed by atoms with Gasteiger partial charge in [0.1, 0.15) is 17.4 Å². The predicted octanol–water partition coefficient (Wildman–Crippen LogP) is 4.51. The number of anilines is 1. The minimum Gasteiger partial charge on any atom is -0.300 e. The van der Waals surface area contributed by atoms with Crippen molar-refractivity contribution in [1.82, 2.24) is 4.90 Å². The molecule has 8 nitrogen and oxygen atoms in total. The van der Waals surface area contributed by atoms with Gasteiger partial charge in [0, 0.05) is 11.8 Å². The fourth-order valence-corrected chi connectivity index (χ4v) is 4.53. The second kappa shape index (κ2) is 7.97. The average Bonchev–Trinajstić information content (AvgIpc) is 3.08. The summed E-state index contributed by atoms with van der Waals surface area (Å²) in [5.74, 6) is -3.52. The van der Waals surface area contributed by atoms with E-state index in [1.54, 1.807) is 0 Å². The van der Waals surface area contributed by atoms with Gasteiger partial charge in [-0.1, -0.05) is 24.3 Å². The van der Waals surface area contributed by atoms with Crippen molar-refractivity contribution in [2.24, 2.45) is 0 Å². The Kier molecular flexibility index (Phi) is 5.12. The highest BCUT2D eigenvalue weighted by atomic mass is 19.4. The molecule has 0 aromatic heterocycles. The number of nitro groups is 1. The Hall–Kier alpha value is -4.61. The number of β-lactam (4-membered cyclic amide) rings is 1. The minimum absolute atomic E-state index is 0.150. The Morgan fingerprint density at radius 1 is 0.833 bits per heavy atom. The van der Waals surface area contributed by atoms with E-state index in [0.29, 0.717) is 4.90 Å². The van der Waals surface area contributed by atoms with Gasteiger partial charge in [0.25, 0.3) is 23.4 Å². The maximum atomic E-state index is 13.6. The van der Waals surface area contributed by atoms with Crippen molar-refractivity contribution in [3.8, 4) is 0 Å². The van der Waals surface area contributed by atoms with Crippen molar-refractivity contribution in [1.29, 1.82) is 0 Å². The molecule has 36 heavy (non-hydrogen) atoms. The van der Waals surface area contributed by atoms with Crippen molar-refractivity contribution in [2.45, 2.75) is 18.3 Å². The molecule has 2 aliphatic rings. The summed E-state index contributed by atoms with van der Waals surface area (Å²) in [5.41, 5.74) is -2.29. The number of rotatable bonds is 4. The lowest BCUT2D eigenvalue weighted by Gasteiger charge is -2.49. The van der Waals surface area contributed by atoms with Crippen LogP contribution in [0.15, 0.2) is 66.7 Å². The molecular weight excluding hydrogens is 486 g/mol. The van der Waals surface area contributed by atoms with Crippen LogP contribution >= 0.6 is 0 Å². The van der Waals surface area contributed by atoms with E-state index in [-0.39, 0.29) is 16.8 Å². The molecule has 182 valence electrons. The summed E-state index contributed by atoms with van der Waals surface area (Å²) in [6.07, 6.45) is -4.70. The van der Waals surface area contributed by atoms with Crippen LogP contribution in [0.1, 0.15) is 37.9 Å². The van der Waals surface area contributed by atoms with Crippen LogP contribution in [0.4, 0.5) is 28.9 Å². The third-order valence-corrected chi connectivity index (χ3v) is 6.13. The van der Waals surface area contributed by atoms with Crippen LogP contribution in [0.5, 0.6) is 0 Å². The number of hydrogen-bond donors (Lipinski definition) is 0. The van der Waals surface area contributed by atoms with E-state index >= 15 is 0 Å². The molecule has 0 aliphatic carbocycles. The fraction of sp³-hybridized carbons (Fsp3) is 0.125. The summed E-state index contributed by atoms with van der Waals surface area (Å²) in [6.45, 7) is 0. The highest BCUT2D eigenvalue weighted by molar-refractivity contribution is 6.26. The molecular formula is C24H13F4N3O5. The number of alkyl halides is 3. The zero-order valence-corrected chi connectivity index (χ0v) is 17.9. The van der Waals surface area contributed by atoms with Crippen molar-refractivity contribution < 1.29 is 36.9 Å². The zero-order chi connectivity index (χ0) is 25.9. The van der Waals surface area contributed by atoms with Gasteiger partial charge in [0.15, 0.2) is 0 Å². The summed E-state index contributed by atoms with van der Waals surface area (Å²) in [7, 11) is 0. The maximum Gasteiger partial charge on any atom is 0.416 e. The maximum absolute atomic E-state index is 13.6. The summed E-state index contributed by atoms with van der Waals surface area (Å²) in [4.78, 5) is 51.8. The van der Waals surface area contributed by atoms with Crippen molar-refractivity contribution in [2.75, 3.05) is 4.90 Å². The molecule has 2 atom stereocenters. The second-order valence-corrected chi connectivity index (χ2v) is 8.13. The monoisotopic (exact) mass is 499 g/mol. The SMILES string of the molecule is O=C1c2cccc([N+](=O)[O-])c2C(=O)N1[C@H]1C(=O)N(c2cccc(C(F)(F)F)c2)[C@@H]1c1ccc(F)cc1. The molecule has 2 aliphatic heterocycles. The highest BCUT2D eigenvalue weighted by Gasteiger charge is 2.58. The van der Waals surface area contributed by atoms with Crippen molar-refractivity contribution in [3.63, 3.8) is 0 Å². The molecule has 5 rings (SSSR count). The lowest BCUT2D eigenvalue weighted by atomic mass is 9.86. The molecule has 1 fully saturated rings. The molecule has 0 unspecified atom stereocenters. The standard InChI is InChI=1S/C24H13F4N3O5/c25-14-9-7-12(8-10-14)19-20(23(34)29(19)15-4-1-3-13(11-15)24(26,27)28)30-21(32)16-5-2-6-17(31(35)36)18(16)22(30)33/h1-11,19-20H/t19-,20-/m1/s1. The van der Waals surface area contributed by atoms with E-state index < -0.39 is 63.5 Å². The smallest absolute Gasteiger partial charge is 0.300 e. The van der Waals surface area contributed by atoms with Gasteiger partial charge in [0.05, 0.1) is 22.1 Å². The first-order valence-corrected chi connectivity index (χ1v) is 10.4. The topological polar surface area (TPSA) is 101 Å². The fourth-order valence-electron chi connectivity index (χ4n) is 4.53. The molecule has 1 saturated heterocycles. The molecule has 0 spiro atoms. The lowest BCUT2D eigenvalue weighted by Crippen LogP contribution is -2.67. The number of hydrogen-bond acceptors (Lipinski definition) is 5. The van der Waals surface area contributed by atoms with Gasteiger partial charge in [-0.15, -0.1) is 0 Å². The summed E-state index contributed by atoms with van der Waals surface area (Å²) >= 11 is 0. The molecule has 0 radical (unpaired) electrons. The number of benzene rings is 3. The Labute approximate surface area is 199 Å². The van der Waals surface area contributed by atoms with Crippen LogP contribution in [-0.4, -0.2) is 33.6 Å². The van der Waals surface area contributed by atoms with Gasteiger partial charge in [0.2, 0.25) is 0 Å². The number of halogens is 4. The van der Waals surface area contributed by atoms with Gasteiger partial charge >= 0.3 is 6.18 Å². The Balaban J connectivity index is 1.61. The number of carbonyl (C=O) groups is 3. The first-order chi connectivity index (χ1) is 17.0. The highest BCUT2D eigenvalue weighted by Crippen LogP contribution is 2.46. The van der Waals surface area contributed by atoms with Gasteiger partial charge in [-0.05, 0) is 42.0 Å². The zero-order valence-electron chi connectivity index (χ0n) is 17.9. The average molecular weight is 499 g/mol. The molecule has 3 aromatic rings. The normalized spacial score (nSPS) is 19.4. The van der Waals surface area contributed by atoms with E-state index in [1.165, 1.54) is 30.3 Å². The predicted molar refractivity (Wildman–Crippen MR) is 115 cm³/mol. The third-order valence-electron chi connectivity index (χ3n) is 6.13. The van der Waals surface area contributed by atoms with Crippen LogP contribution in [-0.2, 0) is 11.0 Å². The summed E-state index contributed by atoms with van der Waals surface area (Å²) < 4.78 is 53.5. The Bertz CT molecular complexity index is 1450. The number of amides is 3. The van der Waals surface area contributed by atoms with Gasteiger partial charge < -0.3 is 4.90 Å². The molecule has 0 bridgehead atoms. The lowest BCUT2D eigenvalue weighted by molar-refractivity contribution is -0.385. The number of nitrogens with zero attached hydrogens (tertiary/aromatic N) is 3. The van der Waals surface area contributed by atoms with Crippen LogP contribution in [0.3, 0.4) is 0 Å². The first-order valence-electron chi connectivity index (χ1n) is 10.4. The molecule has 12 heteroatoms. The van der Waals surface area contributed by atoms with Gasteiger partial charge in [-0.3, -0.25) is 29.4 Å². The van der Waals surface area contributed by atoms with E-state index in [1.807, 2.05) is 0 Å². The Morgan fingerprint density at radius 3 is 2.14 bits per heavy atom. The van der Waals surface area contributed by atoms with Crippen LogP contribution in [0, 0.1) is 15.9 Å². The minimum atomic E-state index is -4.70. The summed E-state index contributed by atoms with van der Waals surface area (Å²) in [5, 5.41) is 11.4. The molecule has 2 heterocycles. The van der Waals surface area contributed by atoms with Gasteiger partial charge in [-0.25, -0.2) is 4.39 Å². The third kappa shape index (κ3) is 3.41. The van der Waals surface area contributed by atoms with E-state index in [0.717, 1.165) is 41.3 Å². The van der Waals surface area contributed by atoms with E-state index in [9.17, 15) is 42.1 Å². The molecule has 0 saturated carbocycles. The van der Waals surface area contributed by atoms with Crippen LogP contribution < -0.4 is 4.90 Å². The van der Waals surface area contributed by atoms with Crippen molar-refractivity contribution in [3.05, 3.63) is 105 Å². The number of imide groups is 1. The molecule has 3 aromatic carbocycles.